The van der Waals surface area contributed by atoms with Gasteiger partial charge in [-0.25, -0.2) is 13.1 Å². The van der Waals surface area contributed by atoms with E-state index in [0.717, 1.165) is 36.2 Å². The average Bonchev–Trinajstić information content (AvgIpc) is 3.26. The molecule has 4 rings (SSSR count). The maximum Gasteiger partial charge on any atom is 0.241 e. The Labute approximate surface area is 171 Å². The van der Waals surface area contributed by atoms with Gasteiger partial charge in [0, 0.05) is 30.3 Å². The predicted molar refractivity (Wildman–Crippen MR) is 111 cm³/mol. The Kier molecular flexibility index (Phi) is 5.61. The van der Waals surface area contributed by atoms with Gasteiger partial charge in [-0.2, -0.15) is 0 Å². The summed E-state index contributed by atoms with van der Waals surface area (Å²) < 4.78 is 35.1. The number of allylic oxidation sites excluding steroid dienone is 1. The monoisotopic (exact) mass is 417 g/mol. The first kappa shape index (κ1) is 20.3. The van der Waals surface area contributed by atoms with E-state index in [1.165, 1.54) is 0 Å². The third-order valence-electron chi connectivity index (χ3n) is 5.83. The second-order valence-electron chi connectivity index (χ2n) is 7.83. The van der Waals surface area contributed by atoms with Crippen LogP contribution in [0.1, 0.15) is 38.7 Å². The van der Waals surface area contributed by atoms with Crippen LogP contribution in [0, 0.1) is 5.92 Å². The number of sulfonamides is 1. The molecule has 1 aliphatic carbocycles. The molecular formula is C21H27N3O4S. The van der Waals surface area contributed by atoms with Gasteiger partial charge < -0.3 is 9.57 Å². The van der Waals surface area contributed by atoms with Crippen molar-refractivity contribution in [3.05, 3.63) is 41.8 Å². The number of rotatable bonds is 6. The molecule has 2 aromatic rings. The van der Waals surface area contributed by atoms with E-state index in [0.29, 0.717) is 17.5 Å². The number of pyridine rings is 1. The zero-order valence-electron chi connectivity index (χ0n) is 16.9. The summed E-state index contributed by atoms with van der Waals surface area (Å²) in [5.74, 6) is 0.930. The van der Waals surface area contributed by atoms with Crippen LogP contribution in [0.3, 0.4) is 0 Å². The van der Waals surface area contributed by atoms with Crippen molar-refractivity contribution in [3.63, 3.8) is 0 Å². The Bertz CT molecular complexity index is 1050. The number of hydroxylamine groups is 1. The van der Waals surface area contributed by atoms with Crippen LogP contribution in [0.2, 0.25) is 0 Å². The van der Waals surface area contributed by atoms with Gasteiger partial charge in [0.05, 0.1) is 23.1 Å². The summed E-state index contributed by atoms with van der Waals surface area (Å²) in [5.41, 5.74) is 5.31. The molecule has 3 atom stereocenters. The third kappa shape index (κ3) is 3.90. The van der Waals surface area contributed by atoms with Crippen LogP contribution in [0.25, 0.3) is 16.5 Å². The highest BCUT2D eigenvalue weighted by Crippen LogP contribution is 2.34. The number of ether oxygens (including phenoxy) is 1. The van der Waals surface area contributed by atoms with Gasteiger partial charge in [-0.15, -0.1) is 5.48 Å². The van der Waals surface area contributed by atoms with Gasteiger partial charge in [0.25, 0.3) is 0 Å². The first-order chi connectivity index (χ1) is 13.9. The molecule has 8 heteroatoms. The second-order valence-corrected chi connectivity index (χ2v) is 9.51. The molecule has 0 bridgehead atoms. The number of hydrogen-bond donors (Lipinski definition) is 2. The molecule has 0 amide bonds. The van der Waals surface area contributed by atoms with E-state index in [4.69, 9.17) is 9.57 Å². The van der Waals surface area contributed by atoms with E-state index in [1.807, 2.05) is 19.9 Å². The minimum absolute atomic E-state index is 0.0411. The van der Waals surface area contributed by atoms with E-state index in [9.17, 15) is 8.42 Å². The van der Waals surface area contributed by atoms with Crippen LogP contribution in [0.15, 0.2) is 41.1 Å². The van der Waals surface area contributed by atoms with Gasteiger partial charge in [-0.1, -0.05) is 6.42 Å². The van der Waals surface area contributed by atoms with Crippen LogP contribution < -0.4 is 10.2 Å². The van der Waals surface area contributed by atoms with Crippen molar-refractivity contribution >= 4 is 26.5 Å². The molecule has 1 fully saturated rings. The number of aromatic nitrogens is 1. The first-order valence-electron chi connectivity index (χ1n) is 9.94. The molecule has 0 spiro atoms. The topological polar surface area (TPSA) is 89.5 Å². The molecule has 1 aliphatic heterocycles. The molecule has 1 aromatic heterocycles. The van der Waals surface area contributed by atoms with E-state index in [-0.39, 0.29) is 22.9 Å². The van der Waals surface area contributed by atoms with Crippen LogP contribution in [0.4, 0.5) is 0 Å². The molecule has 29 heavy (non-hydrogen) atoms. The quantitative estimate of drug-likeness (QED) is 0.751. The van der Waals surface area contributed by atoms with Crippen molar-refractivity contribution in [1.82, 2.24) is 15.2 Å². The average molecular weight is 418 g/mol. The van der Waals surface area contributed by atoms with E-state index in [1.54, 1.807) is 31.5 Å². The van der Waals surface area contributed by atoms with Crippen molar-refractivity contribution in [2.75, 3.05) is 13.7 Å². The largest absolute Gasteiger partial charge is 0.413 e. The Morgan fingerprint density at radius 1 is 1.34 bits per heavy atom. The summed E-state index contributed by atoms with van der Waals surface area (Å²) in [6, 6.07) is 7.06. The first-order valence-corrected chi connectivity index (χ1v) is 11.4. The van der Waals surface area contributed by atoms with Gasteiger partial charge in [0.2, 0.25) is 10.0 Å². The zero-order chi connectivity index (χ0) is 20.6. The normalized spacial score (nSPS) is 25.0. The maximum absolute atomic E-state index is 13.4. The fourth-order valence-corrected chi connectivity index (χ4v) is 6.02. The summed E-state index contributed by atoms with van der Waals surface area (Å²) in [7, 11) is -2.08. The summed E-state index contributed by atoms with van der Waals surface area (Å²) >= 11 is 0. The summed E-state index contributed by atoms with van der Waals surface area (Å²) in [6.45, 7) is 4.41. The summed E-state index contributed by atoms with van der Waals surface area (Å²) in [5, 5.41) is 0.614. The molecule has 2 unspecified atom stereocenters. The Balaban J connectivity index is 1.79. The number of hydrogen-bond acceptors (Lipinski definition) is 6. The second kappa shape index (κ2) is 8.02. The predicted octanol–water partition coefficient (Wildman–Crippen LogP) is 2.98. The fourth-order valence-electron chi connectivity index (χ4n) is 4.44. The van der Waals surface area contributed by atoms with Gasteiger partial charge >= 0.3 is 0 Å². The van der Waals surface area contributed by atoms with Crippen molar-refractivity contribution < 1.29 is 18.0 Å². The van der Waals surface area contributed by atoms with Crippen LogP contribution in [-0.2, 0) is 19.6 Å². The van der Waals surface area contributed by atoms with Crippen molar-refractivity contribution in [2.45, 2.75) is 50.1 Å². The van der Waals surface area contributed by atoms with Crippen LogP contribution in [-0.4, -0.2) is 39.2 Å². The fraction of sp³-hybridized carbons (Fsp3) is 0.476. The lowest BCUT2D eigenvalue weighted by molar-refractivity contribution is 0.122. The van der Waals surface area contributed by atoms with Gasteiger partial charge in [-0.3, -0.25) is 4.98 Å². The molecule has 2 N–H and O–H groups in total. The highest BCUT2D eigenvalue weighted by molar-refractivity contribution is 7.89. The van der Waals surface area contributed by atoms with Gasteiger partial charge in [0.15, 0.2) is 0 Å². The van der Waals surface area contributed by atoms with Crippen LogP contribution in [0.5, 0.6) is 0 Å². The molecule has 0 radical (unpaired) electrons. The third-order valence-corrected chi connectivity index (χ3v) is 7.36. The number of nitrogens with zero attached hydrogens (tertiary/aromatic N) is 1. The van der Waals surface area contributed by atoms with Crippen molar-refractivity contribution in [3.8, 4) is 0 Å². The standard InChI is InChI=1S/C21H27N3O4S/c1-13-21(14(2)28-23-13)16-10-19-17(7-5-9-22-19)20(11-16)29(25,26)24-18-8-4-6-15(18)12-27-3/h5,7,9-11,13,15,18,23-24H,4,6,8,12H2,1-3H3/t13?,15?,18-/m1/s1. The number of nitrogens with one attached hydrogen (secondary N) is 2. The highest BCUT2D eigenvalue weighted by atomic mass is 32.2. The minimum Gasteiger partial charge on any atom is -0.413 e. The number of fused-ring (bicyclic) bond motifs is 1. The lowest BCUT2D eigenvalue weighted by atomic mass is 9.98. The van der Waals surface area contributed by atoms with Crippen LogP contribution >= 0.6 is 0 Å². The smallest absolute Gasteiger partial charge is 0.241 e. The Morgan fingerprint density at radius 2 is 2.17 bits per heavy atom. The minimum atomic E-state index is -3.74. The molecule has 1 aromatic carbocycles. The van der Waals surface area contributed by atoms with E-state index >= 15 is 0 Å². The number of methoxy groups -OCH3 is 1. The zero-order valence-corrected chi connectivity index (χ0v) is 17.8. The van der Waals surface area contributed by atoms with E-state index < -0.39 is 10.0 Å². The lowest BCUT2D eigenvalue weighted by Crippen LogP contribution is -2.38. The van der Waals surface area contributed by atoms with Crippen molar-refractivity contribution in [2.24, 2.45) is 5.92 Å². The molecule has 156 valence electrons. The maximum atomic E-state index is 13.4. The SMILES string of the molecule is COCC1CCC[C@H]1NS(=O)(=O)c1cc(C2=C(C)ONC2C)cc2ncccc12. The summed E-state index contributed by atoms with van der Waals surface area (Å²) in [6.07, 6.45) is 4.46. The molecule has 7 nitrogen and oxygen atoms in total. The molecule has 1 saturated carbocycles. The molecule has 0 saturated heterocycles. The van der Waals surface area contributed by atoms with Gasteiger partial charge in [0.1, 0.15) is 5.76 Å². The highest BCUT2D eigenvalue weighted by Gasteiger charge is 2.33. The number of benzene rings is 1. The van der Waals surface area contributed by atoms with E-state index in [2.05, 4.69) is 15.2 Å². The molecular weight excluding hydrogens is 390 g/mol. The lowest BCUT2D eigenvalue weighted by Gasteiger charge is -2.21. The Morgan fingerprint density at radius 3 is 2.90 bits per heavy atom. The summed E-state index contributed by atoms with van der Waals surface area (Å²) in [4.78, 5) is 10.1. The van der Waals surface area contributed by atoms with Crippen molar-refractivity contribution in [1.29, 1.82) is 0 Å². The molecule has 2 heterocycles. The van der Waals surface area contributed by atoms with Gasteiger partial charge in [-0.05, 0) is 62.4 Å². The Hall–Kier alpha value is -2.00. The molecule has 2 aliphatic rings.